The van der Waals surface area contributed by atoms with Gasteiger partial charge in [-0.05, 0) is 43.9 Å². The number of nitrogens with two attached hydrogens (primary N) is 1. The highest BCUT2D eigenvalue weighted by molar-refractivity contribution is 5.89. The second kappa shape index (κ2) is 9.31. The molecule has 32 heavy (non-hydrogen) atoms. The number of benzene rings is 2. The summed E-state index contributed by atoms with van der Waals surface area (Å²) in [5, 5.41) is 0. The van der Waals surface area contributed by atoms with Crippen LogP contribution in [0, 0.1) is 11.2 Å². The predicted molar refractivity (Wildman–Crippen MR) is 121 cm³/mol. The Morgan fingerprint density at radius 1 is 0.938 bits per heavy atom. The van der Waals surface area contributed by atoms with E-state index in [9.17, 15) is 14.0 Å². The van der Waals surface area contributed by atoms with Crippen molar-refractivity contribution in [3.8, 4) is 5.75 Å². The third kappa shape index (κ3) is 4.50. The number of rotatable bonds is 7. The van der Waals surface area contributed by atoms with Gasteiger partial charge in [0.1, 0.15) is 11.6 Å². The van der Waals surface area contributed by atoms with E-state index in [2.05, 4.69) is 0 Å². The molecule has 2 aromatic rings. The molecule has 2 aliphatic rings. The van der Waals surface area contributed by atoms with Crippen molar-refractivity contribution in [2.75, 3.05) is 19.7 Å². The van der Waals surface area contributed by atoms with Gasteiger partial charge in [-0.1, -0.05) is 49.2 Å². The number of primary amides is 1. The van der Waals surface area contributed by atoms with Gasteiger partial charge in [-0.3, -0.25) is 9.59 Å². The Morgan fingerprint density at radius 3 is 2.19 bits per heavy atom. The number of carbonyl (C=O) groups excluding carboxylic acids is 2. The molecule has 1 saturated carbocycles. The maximum Gasteiger partial charge on any atom is 0.233 e. The Balaban J connectivity index is 1.49. The molecule has 0 atom stereocenters. The summed E-state index contributed by atoms with van der Waals surface area (Å²) in [6.45, 7) is 1.40. The fraction of sp³-hybridized carbons (Fsp3) is 0.462. The molecule has 0 unspecified atom stereocenters. The second-order valence-electron chi connectivity index (χ2n) is 9.31. The van der Waals surface area contributed by atoms with E-state index >= 15 is 0 Å². The minimum absolute atomic E-state index is 0.0109. The van der Waals surface area contributed by atoms with Gasteiger partial charge in [-0.15, -0.1) is 0 Å². The van der Waals surface area contributed by atoms with Gasteiger partial charge in [0.2, 0.25) is 11.8 Å². The first-order valence-corrected chi connectivity index (χ1v) is 11.4. The summed E-state index contributed by atoms with van der Waals surface area (Å²) in [6, 6.07) is 16.2. The molecule has 0 radical (unpaired) electrons. The Bertz CT molecular complexity index is 949. The van der Waals surface area contributed by atoms with Crippen LogP contribution in [0.1, 0.15) is 50.5 Å². The van der Waals surface area contributed by atoms with Crippen LogP contribution in [0.15, 0.2) is 54.6 Å². The quantitative estimate of drug-likeness (QED) is 0.704. The Morgan fingerprint density at radius 2 is 1.56 bits per heavy atom. The van der Waals surface area contributed by atoms with Gasteiger partial charge in [0.25, 0.3) is 0 Å². The molecule has 1 aliphatic carbocycles. The number of amides is 2. The number of halogens is 1. The summed E-state index contributed by atoms with van der Waals surface area (Å²) in [4.78, 5) is 27.4. The number of piperidine rings is 1. The molecule has 1 aliphatic heterocycles. The highest BCUT2D eigenvalue weighted by Crippen LogP contribution is 2.45. The van der Waals surface area contributed by atoms with Crippen molar-refractivity contribution in [2.24, 2.45) is 11.1 Å². The molecule has 2 N–H and O–H groups in total. The lowest BCUT2D eigenvalue weighted by Crippen LogP contribution is -2.52. The van der Waals surface area contributed by atoms with Crippen LogP contribution in [0.3, 0.4) is 0 Å². The maximum atomic E-state index is 14.7. The number of hydrogen-bond donors (Lipinski definition) is 1. The molecule has 0 spiro atoms. The first kappa shape index (κ1) is 22.3. The van der Waals surface area contributed by atoms with Crippen LogP contribution in [-0.4, -0.2) is 36.4 Å². The topological polar surface area (TPSA) is 72.6 Å². The smallest absolute Gasteiger partial charge is 0.233 e. The molecule has 0 aromatic heterocycles. The number of para-hydroxylation sites is 1. The fourth-order valence-corrected chi connectivity index (χ4v) is 5.41. The van der Waals surface area contributed by atoms with Gasteiger partial charge < -0.3 is 15.4 Å². The first-order valence-electron chi connectivity index (χ1n) is 11.4. The minimum Gasteiger partial charge on any atom is -0.493 e. The van der Waals surface area contributed by atoms with Gasteiger partial charge >= 0.3 is 0 Å². The highest BCUT2D eigenvalue weighted by Gasteiger charge is 2.48. The molecule has 1 saturated heterocycles. The number of carbonyl (C=O) groups is 2. The van der Waals surface area contributed by atoms with Crippen LogP contribution < -0.4 is 10.5 Å². The lowest BCUT2D eigenvalue weighted by molar-refractivity contribution is -0.140. The van der Waals surface area contributed by atoms with Gasteiger partial charge in [0, 0.05) is 30.5 Å². The van der Waals surface area contributed by atoms with Crippen molar-refractivity contribution in [1.29, 1.82) is 0 Å². The average molecular weight is 439 g/mol. The monoisotopic (exact) mass is 438 g/mol. The minimum atomic E-state index is -0.782. The summed E-state index contributed by atoms with van der Waals surface area (Å²) in [7, 11) is 0. The zero-order valence-electron chi connectivity index (χ0n) is 18.4. The lowest BCUT2D eigenvalue weighted by atomic mass is 9.73. The summed E-state index contributed by atoms with van der Waals surface area (Å²) in [6.07, 6.45) is 4.67. The number of hydrogen-bond acceptors (Lipinski definition) is 3. The van der Waals surface area contributed by atoms with Crippen LogP contribution in [0.2, 0.25) is 0 Å². The Hall–Kier alpha value is -2.89. The van der Waals surface area contributed by atoms with E-state index in [1.165, 1.54) is 6.07 Å². The van der Waals surface area contributed by atoms with Crippen LogP contribution in [0.4, 0.5) is 4.39 Å². The molecule has 5 nitrogen and oxygen atoms in total. The van der Waals surface area contributed by atoms with Crippen LogP contribution in [0.25, 0.3) is 0 Å². The van der Waals surface area contributed by atoms with Crippen molar-refractivity contribution < 1.29 is 18.7 Å². The highest BCUT2D eigenvalue weighted by atomic mass is 19.1. The van der Waals surface area contributed by atoms with Gasteiger partial charge in [-0.2, -0.15) is 0 Å². The van der Waals surface area contributed by atoms with E-state index in [1.807, 2.05) is 35.2 Å². The van der Waals surface area contributed by atoms with Gasteiger partial charge in [-0.25, -0.2) is 4.39 Å². The van der Waals surface area contributed by atoms with Crippen molar-refractivity contribution in [1.82, 2.24) is 4.90 Å². The summed E-state index contributed by atoms with van der Waals surface area (Å²) < 4.78 is 20.7. The molecule has 2 fully saturated rings. The largest absolute Gasteiger partial charge is 0.493 e. The predicted octanol–water partition coefficient (Wildman–Crippen LogP) is 4.20. The number of ether oxygens (including phenoxy) is 1. The molecule has 2 amide bonds. The van der Waals surface area contributed by atoms with E-state index in [-0.39, 0.29) is 24.1 Å². The normalized spacial score (nSPS) is 19.5. The van der Waals surface area contributed by atoms with Gasteiger partial charge in [0.05, 0.1) is 12.0 Å². The maximum absolute atomic E-state index is 14.7. The Labute approximate surface area is 188 Å². The fourth-order valence-electron chi connectivity index (χ4n) is 5.41. The van der Waals surface area contributed by atoms with Crippen LogP contribution in [-0.2, 0) is 15.0 Å². The third-order valence-corrected chi connectivity index (χ3v) is 7.20. The number of likely N-dealkylation sites (tertiary alicyclic amines) is 1. The van der Waals surface area contributed by atoms with Crippen LogP contribution >= 0.6 is 0 Å². The molecule has 1 heterocycles. The van der Waals surface area contributed by atoms with Crippen LogP contribution in [0.5, 0.6) is 5.75 Å². The Kier molecular flexibility index (Phi) is 6.49. The lowest BCUT2D eigenvalue weighted by Gasteiger charge is -2.44. The van der Waals surface area contributed by atoms with Gasteiger partial charge in [0.15, 0.2) is 0 Å². The van der Waals surface area contributed by atoms with E-state index in [4.69, 9.17) is 10.5 Å². The molecule has 170 valence electrons. The number of nitrogens with zero attached hydrogens (tertiary/aromatic N) is 1. The second-order valence-corrected chi connectivity index (χ2v) is 9.31. The SMILES string of the molecule is NC(=O)CC1(COc2ccccc2)CCN(C(=O)C2(c3ccccc3F)CCCC2)CC1. The molecular weight excluding hydrogens is 407 g/mol. The van der Waals surface area contributed by atoms with E-state index < -0.39 is 10.8 Å². The molecular formula is C26H31FN2O3. The molecule has 4 rings (SSSR count). The van der Waals surface area contributed by atoms with E-state index in [0.717, 1.165) is 18.6 Å². The van der Waals surface area contributed by atoms with Crippen molar-refractivity contribution in [3.05, 3.63) is 66.0 Å². The standard InChI is InChI=1S/C26H31FN2O3/c27-22-11-5-4-10-21(22)26(12-6-7-13-26)24(31)29-16-14-25(15-17-29,18-23(28)30)19-32-20-8-2-1-3-9-20/h1-5,8-11H,6-7,12-19H2,(H2,28,30). The summed E-state index contributed by atoms with van der Waals surface area (Å²) in [5.41, 5.74) is 4.90. The summed E-state index contributed by atoms with van der Waals surface area (Å²) in [5.74, 6) is 0.0928. The molecule has 0 bridgehead atoms. The summed E-state index contributed by atoms with van der Waals surface area (Å²) >= 11 is 0. The molecule has 2 aromatic carbocycles. The zero-order valence-corrected chi connectivity index (χ0v) is 18.4. The van der Waals surface area contributed by atoms with E-state index in [0.29, 0.717) is 50.9 Å². The third-order valence-electron chi connectivity index (χ3n) is 7.20. The average Bonchev–Trinajstić information content (AvgIpc) is 3.29. The van der Waals surface area contributed by atoms with Crippen molar-refractivity contribution in [2.45, 2.75) is 50.4 Å². The zero-order chi connectivity index (χ0) is 22.6. The van der Waals surface area contributed by atoms with Crippen molar-refractivity contribution in [3.63, 3.8) is 0 Å². The molecule has 6 heteroatoms. The van der Waals surface area contributed by atoms with Crippen molar-refractivity contribution >= 4 is 11.8 Å². The first-order chi connectivity index (χ1) is 15.4. The van der Waals surface area contributed by atoms with E-state index in [1.54, 1.807) is 18.2 Å².